The third-order valence-electron chi connectivity index (χ3n) is 3.22. The van der Waals surface area contributed by atoms with Crippen molar-refractivity contribution in [1.82, 2.24) is 0 Å². The summed E-state index contributed by atoms with van der Waals surface area (Å²) >= 11 is 3.30. The molecule has 2 rings (SSSR count). The van der Waals surface area contributed by atoms with Gasteiger partial charge in [0.05, 0.1) is 11.2 Å². The standard InChI is InChI=1S/C12H22O5S2/c1-12(2)16-6-7(13)10(17-12)8(14)9(15)11-18-4-3-5-19-11/h7-11,13-15H,3-6H2,1-2H3/t7-,8-,9+,10-/m1/s1. The van der Waals surface area contributed by atoms with Crippen LogP contribution in [-0.2, 0) is 9.47 Å². The fourth-order valence-electron chi connectivity index (χ4n) is 2.18. The minimum Gasteiger partial charge on any atom is -0.388 e. The van der Waals surface area contributed by atoms with Crippen LogP contribution in [0.25, 0.3) is 0 Å². The van der Waals surface area contributed by atoms with Crippen LogP contribution in [0.3, 0.4) is 0 Å². The summed E-state index contributed by atoms with van der Waals surface area (Å²) < 4.78 is 10.8. The molecule has 0 aromatic rings. The van der Waals surface area contributed by atoms with E-state index in [4.69, 9.17) is 9.47 Å². The molecule has 0 saturated carbocycles. The molecule has 0 unspecified atom stereocenters. The molecule has 0 aliphatic carbocycles. The molecule has 4 atom stereocenters. The predicted molar refractivity (Wildman–Crippen MR) is 76.2 cm³/mol. The zero-order valence-corrected chi connectivity index (χ0v) is 12.8. The molecular formula is C12H22O5S2. The van der Waals surface area contributed by atoms with Gasteiger partial charge >= 0.3 is 0 Å². The smallest absolute Gasteiger partial charge is 0.163 e. The van der Waals surface area contributed by atoms with E-state index in [1.54, 1.807) is 37.4 Å². The van der Waals surface area contributed by atoms with Gasteiger partial charge in [-0.1, -0.05) is 0 Å². The number of hydrogen-bond acceptors (Lipinski definition) is 7. The molecule has 0 aromatic carbocycles. The number of ether oxygens (including phenoxy) is 2. The van der Waals surface area contributed by atoms with Crippen molar-refractivity contribution in [3.8, 4) is 0 Å². The summed E-state index contributed by atoms with van der Waals surface area (Å²) in [4.78, 5) is 0. The second-order valence-electron chi connectivity index (χ2n) is 5.31. The Bertz CT molecular complexity index is 296. The Morgan fingerprint density at radius 1 is 1.16 bits per heavy atom. The quantitative estimate of drug-likeness (QED) is 0.697. The molecule has 2 heterocycles. The highest BCUT2D eigenvalue weighted by Crippen LogP contribution is 2.36. The molecule has 0 radical (unpaired) electrons. The van der Waals surface area contributed by atoms with Crippen molar-refractivity contribution in [2.45, 2.75) is 55.1 Å². The molecule has 3 N–H and O–H groups in total. The van der Waals surface area contributed by atoms with Gasteiger partial charge in [0, 0.05) is 0 Å². The number of aliphatic hydroxyl groups is 3. The van der Waals surface area contributed by atoms with Gasteiger partial charge in [0.25, 0.3) is 0 Å². The van der Waals surface area contributed by atoms with Crippen molar-refractivity contribution in [3.63, 3.8) is 0 Å². The molecule has 0 spiro atoms. The van der Waals surface area contributed by atoms with Crippen LogP contribution in [0, 0.1) is 0 Å². The van der Waals surface area contributed by atoms with Crippen LogP contribution in [0.1, 0.15) is 20.3 Å². The first-order chi connectivity index (χ1) is 8.91. The lowest BCUT2D eigenvalue weighted by molar-refractivity contribution is -0.323. The highest BCUT2D eigenvalue weighted by molar-refractivity contribution is 8.17. The maximum absolute atomic E-state index is 10.3. The number of thioether (sulfide) groups is 2. The van der Waals surface area contributed by atoms with Gasteiger partial charge in [-0.3, -0.25) is 0 Å². The van der Waals surface area contributed by atoms with E-state index in [0.29, 0.717) is 0 Å². The summed E-state index contributed by atoms with van der Waals surface area (Å²) in [6.07, 6.45) is -2.64. The van der Waals surface area contributed by atoms with Crippen LogP contribution in [0.4, 0.5) is 0 Å². The van der Waals surface area contributed by atoms with E-state index in [-0.39, 0.29) is 11.2 Å². The van der Waals surface area contributed by atoms with Gasteiger partial charge in [-0.2, -0.15) is 0 Å². The highest BCUT2D eigenvalue weighted by Gasteiger charge is 2.44. The summed E-state index contributed by atoms with van der Waals surface area (Å²) in [5, 5.41) is 30.4. The summed E-state index contributed by atoms with van der Waals surface area (Å²) in [5.74, 6) is 1.13. The van der Waals surface area contributed by atoms with Crippen molar-refractivity contribution >= 4 is 23.5 Å². The maximum atomic E-state index is 10.3. The first-order valence-corrected chi connectivity index (χ1v) is 8.60. The Hall–Kier alpha value is 0.500. The van der Waals surface area contributed by atoms with E-state index in [1.807, 2.05) is 0 Å². The molecule has 19 heavy (non-hydrogen) atoms. The molecule has 0 bridgehead atoms. The number of aliphatic hydroxyl groups excluding tert-OH is 3. The van der Waals surface area contributed by atoms with Gasteiger partial charge in [0.1, 0.15) is 24.4 Å². The predicted octanol–water partition coefficient (Wildman–Crippen LogP) is 0.417. The van der Waals surface area contributed by atoms with E-state index in [2.05, 4.69) is 0 Å². The maximum Gasteiger partial charge on any atom is 0.163 e. The van der Waals surface area contributed by atoms with Crippen molar-refractivity contribution in [2.75, 3.05) is 18.1 Å². The molecule has 5 nitrogen and oxygen atoms in total. The normalized spacial score (nSPS) is 35.8. The van der Waals surface area contributed by atoms with Crippen LogP contribution < -0.4 is 0 Å². The van der Waals surface area contributed by atoms with Gasteiger partial charge in [-0.05, 0) is 31.8 Å². The fourth-order valence-corrected chi connectivity index (χ4v) is 5.12. The third-order valence-corrected chi connectivity index (χ3v) is 6.30. The fraction of sp³-hybridized carbons (Fsp3) is 1.00. The summed E-state index contributed by atoms with van der Waals surface area (Å²) in [7, 11) is 0. The molecule has 0 aromatic heterocycles. The zero-order valence-electron chi connectivity index (χ0n) is 11.2. The second-order valence-corrected chi connectivity index (χ2v) is 8.10. The molecule has 7 heteroatoms. The Morgan fingerprint density at radius 2 is 1.79 bits per heavy atom. The topological polar surface area (TPSA) is 79.2 Å². The minimum atomic E-state index is -1.11. The lowest BCUT2D eigenvalue weighted by atomic mass is 10.0. The van der Waals surface area contributed by atoms with E-state index in [0.717, 1.165) is 17.9 Å². The number of rotatable bonds is 3. The van der Waals surface area contributed by atoms with Crippen molar-refractivity contribution in [3.05, 3.63) is 0 Å². The van der Waals surface area contributed by atoms with Crippen molar-refractivity contribution < 1.29 is 24.8 Å². The van der Waals surface area contributed by atoms with Gasteiger partial charge < -0.3 is 24.8 Å². The Morgan fingerprint density at radius 3 is 2.42 bits per heavy atom. The SMILES string of the molecule is CC1(C)OC[C@@H](O)[C@H]([C@H](O)[C@H](O)C2SCCCS2)O1. The Labute approximate surface area is 122 Å². The largest absolute Gasteiger partial charge is 0.388 e. The van der Waals surface area contributed by atoms with Gasteiger partial charge in [0.2, 0.25) is 0 Å². The van der Waals surface area contributed by atoms with E-state index in [9.17, 15) is 15.3 Å². The molecular weight excluding hydrogens is 288 g/mol. The van der Waals surface area contributed by atoms with Crippen LogP contribution in [-0.4, -0.2) is 68.2 Å². The van der Waals surface area contributed by atoms with Crippen molar-refractivity contribution in [1.29, 1.82) is 0 Å². The van der Waals surface area contributed by atoms with Crippen LogP contribution >= 0.6 is 23.5 Å². The molecule has 2 saturated heterocycles. The van der Waals surface area contributed by atoms with Crippen LogP contribution in [0.15, 0.2) is 0 Å². The average Bonchev–Trinajstić information content (AvgIpc) is 2.41. The minimum absolute atomic E-state index is 0.0643. The first-order valence-electron chi connectivity index (χ1n) is 6.50. The molecule has 2 aliphatic rings. The first kappa shape index (κ1) is 15.9. The summed E-state index contributed by atoms with van der Waals surface area (Å²) in [6.45, 7) is 3.57. The van der Waals surface area contributed by atoms with Crippen LogP contribution in [0.2, 0.25) is 0 Å². The van der Waals surface area contributed by atoms with Gasteiger partial charge in [0.15, 0.2) is 5.79 Å². The van der Waals surface area contributed by atoms with Gasteiger partial charge in [-0.25, -0.2) is 0 Å². The highest BCUT2D eigenvalue weighted by atomic mass is 32.2. The zero-order chi connectivity index (χ0) is 14.0. The summed E-state index contributed by atoms with van der Waals surface area (Å²) in [5.41, 5.74) is 0. The monoisotopic (exact) mass is 310 g/mol. The van der Waals surface area contributed by atoms with Crippen molar-refractivity contribution in [2.24, 2.45) is 0 Å². The second kappa shape index (κ2) is 6.51. The van der Waals surface area contributed by atoms with E-state index in [1.165, 1.54) is 0 Å². The molecule has 2 fully saturated rings. The summed E-state index contributed by atoms with van der Waals surface area (Å²) in [6, 6.07) is 0. The van der Waals surface area contributed by atoms with Gasteiger partial charge in [-0.15, -0.1) is 23.5 Å². The molecule has 0 amide bonds. The van der Waals surface area contributed by atoms with Crippen LogP contribution in [0.5, 0.6) is 0 Å². The Balaban J connectivity index is 1.98. The number of hydrogen-bond donors (Lipinski definition) is 3. The Kier molecular flexibility index (Phi) is 5.44. The average molecular weight is 310 g/mol. The van der Waals surface area contributed by atoms with E-state index < -0.39 is 30.2 Å². The lowest BCUT2D eigenvalue weighted by Crippen LogP contribution is -2.57. The molecule has 2 aliphatic heterocycles. The lowest BCUT2D eigenvalue weighted by Gasteiger charge is -2.42. The van der Waals surface area contributed by atoms with E-state index >= 15 is 0 Å². The third kappa shape index (κ3) is 4.00. The molecule has 112 valence electrons.